The maximum absolute atomic E-state index is 12.9. The van der Waals surface area contributed by atoms with Crippen LogP contribution < -0.4 is 10.6 Å². The maximum Gasteiger partial charge on any atom is 0.168 e. The van der Waals surface area contributed by atoms with Gasteiger partial charge in [0.25, 0.3) is 0 Å². The molecule has 0 amide bonds. The molecule has 2 aliphatic heterocycles. The van der Waals surface area contributed by atoms with Gasteiger partial charge in [0, 0.05) is 26.2 Å². The van der Waals surface area contributed by atoms with Crippen molar-refractivity contribution in [2.24, 2.45) is 0 Å². The van der Waals surface area contributed by atoms with Crippen molar-refractivity contribution in [1.29, 1.82) is 0 Å². The SMILES string of the molecule is O=C(C1CNCCN1)[C@@H]1CCCN1Cc1cccc2ccccc12. The molecule has 4 rings (SSSR count). The fourth-order valence-corrected chi connectivity index (χ4v) is 4.07. The van der Waals surface area contributed by atoms with Crippen LogP contribution in [0, 0.1) is 0 Å². The van der Waals surface area contributed by atoms with Crippen LogP contribution in [0.2, 0.25) is 0 Å². The molecule has 0 radical (unpaired) electrons. The van der Waals surface area contributed by atoms with Crippen molar-refractivity contribution in [3.63, 3.8) is 0 Å². The van der Waals surface area contributed by atoms with E-state index >= 15 is 0 Å². The standard InChI is InChI=1S/C20H25N3O/c24-20(18-13-21-10-11-22-18)19-9-4-12-23(19)14-16-7-3-6-15-5-1-2-8-17(15)16/h1-3,5-8,18-19,21-22H,4,9-14H2/t18?,19-/m0/s1. The number of piperazine rings is 1. The second-order valence-corrected chi connectivity index (χ2v) is 6.88. The van der Waals surface area contributed by atoms with Crippen molar-refractivity contribution in [3.05, 3.63) is 48.0 Å². The predicted octanol–water partition coefficient (Wildman–Crippen LogP) is 1.93. The van der Waals surface area contributed by atoms with Crippen molar-refractivity contribution < 1.29 is 4.79 Å². The number of carbonyl (C=O) groups excluding carboxylic acids is 1. The van der Waals surface area contributed by atoms with Crippen LogP contribution in [-0.4, -0.2) is 48.9 Å². The van der Waals surface area contributed by atoms with Crippen LogP contribution in [0.4, 0.5) is 0 Å². The summed E-state index contributed by atoms with van der Waals surface area (Å²) in [5.74, 6) is 0.361. The summed E-state index contributed by atoms with van der Waals surface area (Å²) in [6.45, 7) is 4.47. The van der Waals surface area contributed by atoms with Gasteiger partial charge in [-0.25, -0.2) is 0 Å². The summed E-state index contributed by atoms with van der Waals surface area (Å²) >= 11 is 0. The first-order valence-electron chi connectivity index (χ1n) is 9.01. The van der Waals surface area contributed by atoms with Crippen LogP contribution in [0.25, 0.3) is 10.8 Å². The van der Waals surface area contributed by atoms with Gasteiger partial charge in [-0.3, -0.25) is 9.69 Å². The molecule has 2 heterocycles. The number of carbonyl (C=O) groups is 1. The molecule has 0 aromatic heterocycles. The Kier molecular flexibility index (Phi) is 4.60. The van der Waals surface area contributed by atoms with Gasteiger partial charge >= 0.3 is 0 Å². The van der Waals surface area contributed by atoms with Crippen molar-refractivity contribution >= 4 is 16.6 Å². The van der Waals surface area contributed by atoms with Gasteiger partial charge in [0.2, 0.25) is 0 Å². The highest BCUT2D eigenvalue weighted by Crippen LogP contribution is 2.25. The molecule has 2 atom stereocenters. The Hall–Kier alpha value is -1.75. The van der Waals surface area contributed by atoms with Crippen LogP contribution >= 0.6 is 0 Å². The molecule has 4 nitrogen and oxygen atoms in total. The number of hydrogen-bond donors (Lipinski definition) is 2. The molecule has 2 aromatic rings. The summed E-state index contributed by atoms with van der Waals surface area (Å²) in [6, 6.07) is 15.0. The molecule has 0 spiro atoms. The highest BCUT2D eigenvalue weighted by Gasteiger charge is 2.35. The van der Waals surface area contributed by atoms with Crippen LogP contribution in [0.1, 0.15) is 18.4 Å². The number of fused-ring (bicyclic) bond motifs is 1. The van der Waals surface area contributed by atoms with E-state index in [0.717, 1.165) is 45.6 Å². The minimum atomic E-state index is -0.0307. The topological polar surface area (TPSA) is 44.4 Å². The van der Waals surface area contributed by atoms with Gasteiger partial charge in [0.1, 0.15) is 0 Å². The largest absolute Gasteiger partial charge is 0.313 e. The molecule has 0 saturated carbocycles. The Morgan fingerprint density at radius 1 is 1.12 bits per heavy atom. The smallest absolute Gasteiger partial charge is 0.168 e. The number of likely N-dealkylation sites (tertiary alicyclic amines) is 1. The molecule has 1 unspecified atom stereocenters. The van der Waals surface area contributed by atoms with Crippen molar-refractivity contribution in [2.75, 3.05) is 26.2 Å². The van der Waals surface area contributed by atoms with E-state index in [1.807, 2.05) is 0 Å². The fourth-order valence-electron chi connectivity index (χ4n) is 4.07. The van der Waals surface area contributed by atoms with Crippen LogP contribution in [0.3, 0.4) is 0 Å². The Morgan fingerprint density at radius 2 is 2.00 bits per heavy atom. The lowest BCUT2D eigenvalue weighted by Crippen LogP contribution is -2.56. The Bertz CT molecular complexity index is 718. The fraction of sp³-hybridized carbons (Fsp3) is 0.450. The number of Topliss-reactive ketones (excluding diaryl/α,β-unsaturated/α-hetero) is 1. The van der Waals surface area contributed by atoms with E-state index in [9.17, 15) is 4.79 Å². The minimum Gasteiger partial charge on any atom is -0.313 e. The lowest BCUT2D eigenvalue weighted by atomic mass is 10.00. The summed E-state index contributed by atoms with van der Waals surface area (Å²) in [5, 5.41) is 9.27. The van der Waals surface area contributed by atoms with E-state index in [2.05, 4.69) is 58.0 Å². The summed E-state index contributed by atoms with van der Waals surface area (Å²) in [6.07, 6.45) is 2.10. The molecule has 126 valence electrons. The second-order valence-electron chi connectivity index (χ2n) is 6.88. The lowest BCUT2D eigenvalue weighted by Gasteiger charge is -2.30. The van der Waals surface area contributed by atoms with E-state index in [1.54, 1.807) is 0 Å². The number of nitrogens with one attached hydrogen (secondary N) is 2. The molecular formula is C20H25N3O. The zero-order valence-electron chi connectivity index (χ0n) is 14.0. The maximum atomic E-state index is 12.9. The monoisotopic (exact) mass is 323 g/mol. The van der Waals surface area contributed by atoms with Crippen LogP contribution in [-0.2, 0) is 11.3 Å². The van der Waals surface area contributed by atoms with Crippen molar-refractivity contribution in [1.82, 2.24) is 15.5 Å². The number of nitrogens with zero attached hydrogens (tertiary/aromatic N) is 1. The molecule has 24 heavy (non-hydrogen) atoms. The van der Waals surface area contributed by atoms with Crippen LogP contribution in [0.15, 0.2) is 42.5 Å². The minimum absolute atomic E-state index is 0.0307. The van der Waals surface area contributed by atoms with Gasteiger partial charge in [-0.15, -0.1) is 0 Å². The first kappa shape index (κ1) is 15.8. The molecule has 2 aromatic carbocycles. The van der Waals surface area contributed by atoms with Gasteiger partial charge in [-0.05, 0) is 35.7 Å². The molecule has 2 saturated heterocycles. The van der Waals surface area contributed by atoms with E-state index in [1.165, 1.54) is 16.3 Å². The molecule has 2 N–H and O–H groups in total. The van der Waals surface area contributed by atoms with Gasteiger partial charge in [-0.1, -0.05) is 42.5 Å². The van der Waals surface area contributed by atoms with E-state index in [0.29, 0.717) is 5.78 Å². The third-order valence-electron chi connectivity index (χ3n) is 5.33. The summed E-state index contributed by atoms with van der Waals surface area (Å²) in [5.41, 5.74) is 1.32. The third kappa shape index (κ3) is 3.09. The molecule has 2 fully saturated rings. The Morgan fingerprint density at radius 3 is 2.88 bits per heavy atom. The summed E-state index contributed by atoms with van der Waals surface area (Å²) in [4.78, 5) is 15.3. The second kappa shape index (κ2) is 7.01. The lowest BCUT2D eigenvalue weighted by molar-refractivity contribution is -0.125. The predicted molar refractivity (Wildman–Crippen MR) is 97.0 cm³/mol. The zero-order valence-corrected chi connectivity index (χ0v) is 14.0. The quantitative estimate of drug-likeness (QED) is 0.902. The highest BCUT2D eigenvalue weighted by molar-refractivity contribution is 5.90. The Labute approximate surface area is 143 Å². The molecular weight excluding hydrogens is 298 g/mol. The molecule has 4 heteroatoms. The summed E-state index contributed by atoms with van der Waals surface area (Å²) in [7, 11) is 0. The van der Waals surface area contributed by atoms with Crippen molar-refractivity contribution in [2.45, 2.75) is 31.5 Å². The first-order chi connectivity index (χ1) is 11.8. The molecule has 0 bridgehead atoms. The normalized spacial score (nSPS) is 25.2. The van der Waals surface area contributed by atoms with Gasteiger partial charge in [0.05, 0.1) is 12.1 Å². The third-order valence-corrected chi connectivity index (χ3v) is 5.33. The van der Waals surface area contributed by atoms with E-state index in [4.69, 9.17) is 0 Å². The number of rotatable bonds is 4. The van der Waals surface area contributed by atoms with E-state index in [-0.39, 0.29) is 12.1 Å². The van der Waals surface area contributed by atoms with E-state index < -0.39 is 0 Å². The van der Waals surface area contributed by atoms with Gasteiger partial charge in [0.15, 0.2) is 5.78 Å². The summed E-state index contributed by atoms with van der Waals surface area (Å²) < 4.78 is 0. The van der Waals surface area contributed by atoms with Crippen LogP contribution in [0.5, 0.6) is 0 Å². The van der Waals surface area contributed by atoms with Gasteiger partial charge < -0.3 is 10.6 Å². The average Bonchev–Trinajstić information content (AvgIpc) is 3.10. The molecule has 2 aliphatic rings. The zero-order chi connectivity index (χ0) is 16.4. The number of hydrogen-bond acceptors (Lipinski definition) is 4. The average molecular weight is 323 g/mol. The van der Waals surface area contributed by atoms with Gasteiger partial charge in [-0.2, -0.15) is 0 Å². The number of benzene rings is 2. The number of ketones is 1. The van der Waals surface area contributed by atoms with Crippen molar-refractivity contribution in [3.8, 4) is 0 Å². The Balaban J connectivity index is 1.53. The highest BCUT2D eigenvalue weighted by atomic mass is 16.1. The molecule has 0 aliphatic carbocycles. The first-order valence-corrected chi connectivity index (χ1v) is 9.01.